The summed E-state index contributed by atoms with van der Waals surface area (Å²) in [5.41, 5.74) is 1.41. The Morgan fingerprint density at radius 3 is 2.67 bits per heavy atom. The lowest BCUT2D eigenvalue weighted by molar-refractivity contribution is -0.138. The van der Waals surface area contributed by atoms with Gasteiger partial charge in [-0.3, -0.25) is 0 Å². The van der Waals surface area contributed by atoms with Crippen LogP contribution >= 0.6 is 0 Å². The maximum atomic E-state index is 11.9. The number of hydrogen-bond acceptors (Lipinski definition) is 6. The molecule has 0 unspecified atom stereocenters. The fraction of sp³-hybridized carbons (Fsp3) is 0.235. The molecule has 2 aromatic rings. The van der Waals surface area contributed by atoms with Crippen molar-refractivity contribution in [1.29, 1.82) is 0 Å². The highest BCUT2D eigenvalue weighted by Crippen LogP contribution is 2.23. The molecular weight excluding hydrogens is 310 g/mol. The highest BCUT2D eigenvalue weighted by Gasteiger charge is 2.15. The van der Waals surface area contributed by atoms with E-state index >= 15 is 0 Å². The van der Waals surface area contributed by atoms with Gasteiger partial charge >= 0.3 is 11.9 Å². The van der Waals surface area contributed by atoms with Crippen LogP contribution in [0.4, 0.5) is 5.69 Å². The first kappa shape index (κ1) is 17.3. The number of carbonyl (C=O) groups excluding carboxylic acids is 2. The zero-order valence-corrected chi connectivity index (χ0v) is 13.8. The summed E-state index contributed by atoms with van der Waals surface area (Å²) in [4.78, 5) is 27.7. The Morgan fingerprint density at radius 1 is 1.25 bits per heavy atom. The van der Waals surface area contributed by atoms with Gasteiger partial charge in [-0.15, -0.1) is 0 Å². The zero-order chi connectivity index (χ0) is 17.5. The lowest BCUT2D eigenvalue weighted by Gasteiger charge is -2.15. The number of rotatable bonds is 6. The summed E-state index contributed by atoms with van der Waals surface area (Å²) < 4.78 is 11.2. The highest BCUT2D eigenvalue weighted by atomic mass is 16.5. The SMILES string of the molecule is CCc1nccn1-c1ccccc1N/C(=C/C(=O)OC)C(=O)OC. The van der Waals surface area contributed by atoms with E-state index < -0.39 is 11.9 Å². The number of nitrogens with zero attached hydrogens (tertiary/aromatic N) is 2. The van der Waals surface area contributed by atoms with Crippen LogP contribution in [0.3, 0.4) is 0 Å². The third-order valence-corrected chi connectivity index (χ3v) is 3.34. The van der Waals surface area contributed by atoms with Crippen LogP contribution in [0.15, 0.2) is 48.4 Å². The molecule has 0 bridgehead atoms. The number of ether oxygens (including phenoxy) is 2. The Kier molecular flexibility index (Phi) is 5.73. The number of esters is 2. The van der Waals surface area contributed by atoms with Crippen LogP contribution in [-0.4, -0.2) is 35.7 Å². The number of benzene rings is 1. The molecule has 2 rings (SSSR count). The smallest absolute Gasteiger partial charge is 0.354 e. The Morgan fingerprint density at radius 2 is 2.00 bits per heavy atom. The van der Waals surface area contributed by atoms with E-state index in [1.807, 2.05) is 35.9 Å². The quantitative estimate of drug-likeness (QED) is 0.645. The molecule has 0 saturated carbocycles. The number of methoxy groups -OCH3 is 2. The maximum absolute atomic E-state index is 11.9. The van der Waals surface area contributed by atoms with Crippen molar-refractivity contribution in [2.45, 2.75) is 13.3 Å². The van der Waals surface area contributed by atoms with Crippen molar-refractivity contribution in [1.82, 2.24) is 9.55 Å². The van der Waals surface area contributed by atoms with E-state index in [4.69, 9.17) is 4.74 Å². The van der Waals surface area contributed by atoms with Crippen LogP contribution < -0.4 is 5.32 Å². The standard InChI is InChI=1S/C17H19N3O4/c1-4-15-18-9-10-20(15)14-8-6-5-7-12(14)19-13(17(22)24-3)11-16(21)23-2/h5-11,19H,4H2,1-3H3/b13-11+. The first-order chi connectivity index (χ1) is 11.6. The fourth-order valence-electron chi connectivity index (χ4n) is 2.18. The topological polar surface area (TPSA) is 82.5 Å². The van der Waals surface area contributed by atoms with E-state index in [2.05, 4.69) is 15.0 Å². The summed E-state index contributed by atoms with van der Waals surface area (Å²) >= 11 is 0. The second-order valence-corrected chi connectivity index (χ2v) is 4.78. The van der Waals surface area contributed by atoms with Gasteiger partial charge in [0.2, 0.25) is 0 Å². The molecule has 1 heterocycles. The van der Waals surface area contributed by atoms with E-state index in [0.29, 0.717) is 5.69 Å². The first-order valence-corrected chi connectivity index (χ1v) is 7.37. The predicted molar refractivity (Wildman–Crippen MR) is 88.7 cm³/mol. The molecule has 24 heavy (non-hydrogen) atoms. The Bertz CT molecular complexity index is 765. The molecule has 0 aliphatic heterocycles. The number of aromatic nitrogens is 2. The summed E-state index contributed by atoms with van der Waals surface area (Å²) in [5, 5.41) is 2.94. The molecule has 0 spiro atoms. The Balaban J connectivity index is 2.43. The average molecular weight is 329 g/mol. The number of nitrogens with one attached hydrogen (secondary N) is 1. The van der Waals surface area contributed by atoms with Crippen LogP contribution in [0, 0.1) is 0 Å². The summed E-state index contributed by atoms with van der Waals surface area (Å²) in [5.74, 6) is -0.449. The van der Waals surface area contributed by atoms with Gasteiger partial charge in [0.05, 0.1) is 31.7 Å². The van der Waals surface area contributed by atoms with Crippen molar-refractivity contribution in [3.63, 3.8) is 0 Å². The van der Waals surface area contributed by atoms with Gasteiger partial charge in [0, 0.05) is 18.8 Å². The summed E-state index contributed by atoms with van der Waals surface area (Å²) in [6.07, 6.45) is 5.35. The minimum atomic E-state index is -0.670. The van der Waals surface area contributed by atoms with E-state index in [1.165, 1.54) is 14.2 Å². The third-order valence-electron chi connectivity index (χ3n) is 3.34. The molecule has 7 nitrogen and oxygen atoms in total. The molecule has 0 radical (unpaired) electrons. The van der Waals surface area contributed by atoms with Gasteiger partial charge in [0.25, 0.3) is 0 Å². The average Bonchev–Trinajstić information content (AvgIpc) is 3.09. The predicted octanol–water partition coefficient (Wildman–Crippen LogP) is 2.08. The van der Waals surface area contributed by atoms with Crippen molar-refractivity contribution >= 4 is 17.6 Å². The molecule has 126 valence electrons. The number of anilines is 1. The Labute approximate surface area is 139 Å². The van der Waals surface area contributed by atoms with E-state index in [0.717, 1.165) is 24.0 Å². The largest absolute Gasteiger partial charge is 0.466 e. The minimum Gasteiger partial charge on any atom is -0.466 e. The zero-order valence-electron chi connectivity index (χ0n) is 13.8. The van der Waals surface area contributed by atoms with Crippen molar-refractivity contribution in [2.24, 2.45) is 0 Å². The van der Waals surface area contributed by atoms with Crippen molar-refractivity contribution in [3.05, 3.63) is 54.3 Å². The number of carbonyl (C=O) groups is 2. The molecular formula is C17H19N3O4. The second kappa shape index (κ2) is 7.96. The summed E-state index contributed by atoms with van der Waals surface area (Å²) in [7, 11) is 2.48. The van der Waals surface area contributed by atoms with E-state index in [-0.39, 0.29) is 5.70 Å². The van der Waals surface area contributed by atoms with Gasteiger partial charge in [-0.05, 0) is 12.1 Å². The van der Waals surface area contributed by atoms with Gasteiger partial charge in [-0.1, -0.05) is 19.1 Å². The van der Waals surface area contributed by atoms with Gasteiger partial charge < -0.3 is 19.4 Å². The molecule has 0 saturated heterocycles. The molecule has 1 N–H and O–H groups in total. The van der Waals surface area contributed by atoms with Gasteiger partial charge in [-0.2, -0.15) is 0 Å². The lowest BCUT2D eigenvalue weighted by Crippen LogP contribution is -2.16. The second-order valence-electron chi connectivity index (χ2n) is 4.78. The molecule has 1 aromatic heterocycles. The minimum absolute atomic E-state index is 0.0186. The van der Waals surface area contributed by atoms with Crippen LogP contribution in [-0.2, 0) is 25.5 Å². The molecule has 7 heteroatoms. The molecule has 0 fully saturated rings. The van der Waals surface area contributed by atoms with Crippen LogP contribution in [0.5, 0.6) is 0 Å². The maximum Gasteiger partial charge on any atom is 0.354 e. The molecule has 1 aromatic carbocycles. The number of imidazole rings is 1. The third kappa shape index (κ3) is 3.81. The first-order valence-electron chi connectivity index (χ1n) is 7.37. The van der Waals surface area contributed by atoms with Gasteiger partial charge in [0.15, 0.2) is 0 Å². The van der Waals surface area contributed by atoms with Gasteiger partial charge in [-0.25, -0.2) is 14.6 Å². The number of aryl methyl sites for hydroxylation is 1. The monoisotopic (exact) mass is 329 g/mol. The van der Waals surface area contributed by atoms with Crippen LogP contribution in [0.25, 0.3) is 5.69 Å². The molecule has 0 atom stereocenters. The van der Waals surface area contributed by atoms with Crippen LogP contribution in [0.2, 0.25) is 0 Å². The van der Waals surface area contributed by atoms with Crippen LogP contribution in [0.1, 0.15) is 12.7 Å². The summed E-state index contributed by atoms with van der Waals surface area (Å²) in [6, 6.07) is 7.38. The Hall–Kier alpha value is -3.09. The van der Waals surface area contributed by atoms with Crippen molar-refractivity contribution in [3.8, 4) is 5.69 Å². The fourth-order valence-corrected chi connectivity index (χ4v) is 2.18. The summed E-state index contributed by atoms with van der Waals surface area (Å²) in [6.45, 7) is 2.01. The molecule has 0 aliphatic rings. The van der Waals surface area contributed by atoms with Crippen molar-refractivity contribution < 1.29 is 19.1 Å². The molecule has 0 aliphatic carbocycles. The number of hydrogen-bond donors (Lipinski definition) is 1. The van der Waals surface area contributed by atoms with Crippen molar-refractivity contribution in [2.75, 3.05) is 19.5 Å². The van der Waals surface area contributed by atoms with E-state index in [1.54, 1.807) is 12.3 Å². The van der Waals surface area contributed by atoms with E-state index in [9.17, 15) is 9.59 Å². The molecule has 0 amide bonds. The normalized spacial score (nSPS) is 11.0. The number of para-hydroxylation sites is 2. The lowest BCUT2D eigenvalue weighted by atomic mass is 10.2. The van der Waals surface area contributed by atoms with Gasteiger partial charge in [0.1, 0.15) is 11.5 Å². The highest BCUT2D eigenvalue weighted by molar-refractivity contribution is 5.99.